The molecular weight excluding hydrogens is 276 g/mol. The second-order valence-electron chi connectivity index (χ2n) is 5.21. The van der Waals surface area contributed by atoms with E-state index in [1.165, 1.54) is 5.56 Å². The van der Waals surface area contributed by atoms with Crippen LogP contribution in [0.25, 0.3) is 0 Å². The Hall–Kier alpha value is -1.26. The van der Waals surface area contributed by atoms with Crippen LogP contribution in [-0.4, -0.2) is 36.7 Å². The molecule has 0 aromatic heterocycles. The Labute approximate surface area is 124 Å². The summed E-state index contributed by atoms with van der Waals surface area (Å²) >= 11 is 5.86. The third-order valence-corrected chi connectivity index (χ3v) is 3.92. The van der Waals surface area contributed by atoms with E-state index in [1.54, 1.807) is 0 Å². The third kappa shape index (κ3) is 5.02. The van der Waals surface area contributed by atoms with E-state index < -0.39 is 6.09 Å². The Morgan fingerprint density at radius 2 is 1.95 bits per heavy atom. The second kappa shape index (κ2) is 7.50. The van der Waals surface area contributed by atoms with Gasteiger partial charge in [0.25, 0.3) is 0 Å². The second-order valence-corrected chi connectivity index (χ2v) is 5.64. The van der Waals surface area contributed by atoms with Crippen molar-refractivity contribution < 1.29 is 9.53 Å². The molecule has 0 unspecified atom stereocenters. The molecule has 0 aliphatic carbocycles. The van der Waals surface area contributed by atoms with Crippen molar-refractivity contribution in [3.63, 3.8) is 0 Å². The van der Waals surface area contributed by atoms with E-state index >= 15 is 0 Å². The van der Waals surface area contributed by atoms with Crippen molar-refractivity contribution in [1.82, 2.24) is 4.90 Å². The predicted octanol–water partition coefficient (Wildman–Crippen LogP) is 2.83. The van der Waals surface area contributed by atoms with Gasteiger partial charge in [0.2, 0.25) is 0 Å². The van der Waals surface area contributed by atoms with Gasteiger partial charge in [-0.05, 0) is 49.9 Å². The maximum Gasteiger partial charge on any atom is 0.404 e. The van der Waals surface area contributed by atoms with Crippen molar-refractivity contribution in [2.45, 2.75) is 31.8 Å². The minimum Gasteiger partial charge on any atom is -0.446 e. The first-order chi connectivity index (χ1) is 9.63. The Kier molecular flexibility index (Phi) is 5.68. The summed E-state index contributed by atoms with van der Waals surface area (Å²) in [6, 6.07) is 8.03. The number of halogens is 1. The van der Waals surface area contributed by atoms with Crippen molar-refractivity contribution in [2.75, 3.05) is 19.6 Å². The molecule has 1 fully saturated rings. The van der Waals surface area contributed by atoms with Crippen LogP contribution in [0.15, 0.2) is 24.3 Å². The van der Waals surface area contributed by atoms with Crippen LogP contribution in [0.3, 0.4) is 0 Å². The van der Waals surface area contributed by atoms with Gasteiger partial charge in [0.05, 0.1) is 0 Å². The molecule has 1 aromatic rings. The predicted molar refractivity (Wildman–Crippen MR) is 79.9 cm³/mol. The fourth-order valence-corrected chi connectivity index (χ4v) is 2.70. The van der Waals surface area contributed by atoms with E-state index in [1.807, 2.05) is 12.1 Å². The summed E-state index contributed by atoms with van der Waals surface area (Å²) in [5.41, 5.74) is 6.35. The number of benzene rings is 1. The van der Waals surface area contributed by atoms with E-state index in [9.17, 15) is 4.79 Å². The summed E-state index contributed by atoms with van der Waals surface area (Å²) in [6.07, 6.45) is 3.29. The molecule has 1 amide bonds. The number of rotatable bonds is 5. The molecule has 0 spiro atoms. The fourth-order valence-electron chi connectivity index (χ4n) is 2.57. The van der Waals surface area contributed by atoms with E-state index in [0.717, 1.165) is 50.3 Å². The van der Waals surface area contributed by atoms with Crippen LogP contribution in [0.4, 0.5) is 4.79 Å². The van der Waals surface area contributed by atoms with E-state index in [4.69, 9.17) is 22.1 Å². The number of carbonyl (C=O) groups is 1. The van der Waals surface area contributed by atoms with Gasteiger partial charge in [-0.2, -0.15) is 0 Å². The number of carbonyl (C=O) groups excluding carboxylic acids is 1. The molecule has 20 heavy (non-hydrogen) atoms. The molecule has 0 saturated carbocycles. The van der Waals surface area contributed by atoms with Gasteiger partial charge < -0.3 is 15.4 Å². The van der Waals surface area contributed by atoms with Gasteiger partial charge in [0.1, 0.15) is 6.10 Å². The normalized spacial score (nSPS) is 17.1. The zero-order valence-corrected chi connectivity index (χ0v) is 12.3. The van der Waals surface area contributed by atoms with E-state index in [-0.39, 0.29) is 6.10 Å². The number of primary amides is 1. The lowest BCUT2D eigenvalue weighted by Crippen LogP contribution is -2.39. The SMILES string of the molecule is NC(=O)OC1CCN(CCCc2ccc(Cl)cc2)CC1. The standard InChI is InChI=1S/C15H21ClN2O2/c16-13-5-3-12(4-6-13)2-1-9-18-10-7-14(8-11-18)20-15(17)19/h3-6,14H,1-2,7-11H2,(H2,17,19). The van der Waals surface area contributed by atoms with Crippen molar-refractivity contribution in [2.24, 2.45) is 5.73 Å². The Morgan fingerprint density at radius 1 is 1.30 bits per heavy atom. The number of hydrogen-bond acceptors (Lipinski definition) is 3. The monoisotopic (exact) mass is 296 g/mol. The van der Waals surface area contributed by atoms with Gasteiger partial charge in [-0.1, -0.05) is 23.7 Å². The van der Waals surface area contributed by atoms with Gasteiger partial charge >= 0.3 is 6.09 Å². The molecule has 0 radical (unpaired) electrons. The quantitative estimate of drug-likeness (QED) is 0.909. The highest BCUT2D eigenvalue weighted by Gasteiger charge is 2.20. The minimum absolute atomic E-state index is 0.0000141. The number of amides is 1. The van der Waals surface area contributed by atoms with Crippen LogP contribution in [0, 0.1) is 0 Å². The molecule has 0 atom stereocenters. The highest BCUT2D eigenvalue weighted by molar-refractivity contribution is 6.30. The highest BCUT2D eigenvalue weighted by atomic mass is 35.5. The summed E-state index contributed by atoms with van der Waals surface area (Å²) in [6.45, 7) is 3.02. The highest BCUT2D eigenvalue weighted by Crippen LogP contribution is 2.15. The number of ether oxygens (including phenoxy) is 1. The molecule has 1 aliphatic rings. The average molecular weight is 297 g/mol. The molecule has 2 rings (SSSR count). The summed E-state index contributed by atoms with van der Waals surface area (Å²) in [5, 5.41) is 0.783. The number of nitrogens with two attached hydrogens (primary N) is 1. The minimum atomic E-state index is -0.661. The smallest absolute Gasteiger partial charge is 0.404 e. The molecule has 1 aliphatic heterocycles. The Bertz CT molecular complexity index is 428. The first kappa shape index (κ1) is 15.1. The molecule has 2 N–H and O–H groups in total. The maximum absolute atomic E-state index is 10.7. The van der Waals surface area contributed by atoms with Crippen LogP contribution in [-0.2, 0) is 11.2 Å². The van der Waals surface area contributed by atoms with Crippen LogP contribution in [0.5, 0.6) is 0 Å². The molecule has 1 saturated heterocycles. The third-order valence-electron chi connectivity index (χ3n) is 3.67. The lowest BCUT2D eigenvalue weighted by atomic mass is 10.1. The summed E-state index contributed by atoms with van der Waals surface area (Å²) in [4.78, 5) is 13.1. The molecule has 4 nitrogen and oxygen atoms in total. The van der Waals surface area contributed by atoms with Gasteiger partial charge in [-0.25, -0.2) is 4.79 Å². The van der Waals surface area contributed by atoms with Crippen molar-refractivity contribution in [3.05, 3.63) is 34.9 Å². The molecule has 110 valence electrons. The van der Waals surface area contributed by atoms with Gasteiger partial charge in [-0.3, -0.25) is 0 Å². The topological polar surface area (TPSA) is 55.6 Å². The summed E-state index contributed by atoms with van der Waals surface area (Å²) in [7, 11) is 0. The molecule has 1 heterocycles. The van der Waals surface area contributed by atoms with Gasteiger partial charge in [0, 0.05) is 18.1 Å². The summed E-state index contributed by atoms with van der Waals surface area (Å²) < 4.78 is 5.02. The Morgan fingerprint density at radius 3 is 2.55 bits per heavy atom. The van der Waals surface area contributed by atoms with E-state index in [2.05, 4.69) is 17.0 Å². The average Bonchev–Trinajstić information content (AvgIpc) is 2.42. The van der Waals surface area contributed by atoms with Crippen molar-refractivity contribution >= 4 is 17.7 Å². The number of hydrogen-bond donors (Lipinski definition) is 1. The maximum atomic E-state index is 10.7. The van der Waals surface area contributed by atoms with Gasteiger partial charge in [-0.15, -0.1) is 0 Å². The number of piperidine rings is 1. The summed E-state index contributed by atoms with van der Waals surface area (Å²) in [5.74, 6) is 0. The zero-order valence-electron chi connectivity index (χ0n) is 11.6. The number of nitrogens with zero attached hydrogens (tertiary/aromatic N) is 1. The van der Waals surface area contributed by atoms with Crippen LogP contribution in [0.2, 0.25) is 5.02 Å². The van der Waals surface area contributed by atoms with E-state index in [0.29, 0.717) is 0 Å². The molecule has 5 heteroatoms. The Balaban J connectivity index is 1.63. The lowest BCUT2D eigenvalue weighted by Gasteiger charge is -2.31. The largest absolute Gasteiger partial charge is 0.446 e. The number of likely N-dealkylation sites (tertiary alicyclic amines) is 1. The number of aryl methyl sites for hydroxylation is 1. The van der Waals surface area contributed by atoms with Crippen molar-refractivity contribution in [1.29, 1.82) is 0 Å². The first-order valence-electron chi connectivity index (χ1n) is 7.06. The first-order valence-corrected chi connectivity index (χ1v) is 7.44. The van der Waals surface area contributed by atoms with Crippen molar-refractivity contribution in [3.8, 4) is 0 Å². The van der Waals surface area contributed by atoms with Gasteiger partial charge in [0.15, 0.2) is 0 Å². The van der Waals surface area contributed by atoms with Crippen LogP contribution >= 0.6 is 11.6 Å². The zero-order chi connectivity index (χ0) is 14.4. The molecular formula is C15H21ClN2O2. The molecule has 1 aromatic carbocycles. The van der Waals surface area contributed by atoms with Crippen LogP contribution in [0.1, 0.15) is 24.8 Å². The van der Waals surface area contributed by atoms with Crippen LogP contribution < -0.4 is 5.73 Å². The molecule has 0 bridgehead atoms. The lowest BCUT2D eigenvalue weighted by molar-refractivity contribution is 0.0560. The fraction of sp³-hybridized carbons (Fsp3) is 0.533.